The molecule has 0 radical (unpaired) electrons. The molecule has 0 saturated heterocycles. The number of carboxylic acid groups (broad SMARTS) is 1. The van der Waals surface area contributed by atoms with Gasteiger partial charge in [0.05, 0.1) is 0 Å². The van der Waals surface area contributed by atoms with Crippen molar-refractivity contribution in [2.24, 2.45) is 0 Å². The zero-order valence-electron chi connectivity index (χ0n) is 3.51. The van der Waals surface area contributed by atoms with Crippen molar-refractivity contribution >= 4 is 28.5 Å². The third-order valence-electron chi connectivity index (χ3n) is 0.309. The first kappa shape index (κ1) is 6.01. The Balaban J connectivity index is 3.30. The van der Waals surface area contributed by atoms with Gasteiger partial charge in [-0.3, -0.25) is 0 Å². The summed E-state index contributed by atoms with van der Waals surface area (Å²) in [5.41, 5.74) is 0. The molecule has 0 heterocycles. The van der Waals surface area contributed by atoms with Gasteiger partial charge in [0.2, 0.25) is 0 Å². The summed E-state index contributed by atoms with van der Waals surface area (Å²) in [7, 11) is 0. The first-order valence-corrected chi connectivity index (χ1v) is 4.92. The second-order valence-corrected chi connectivity index (χ2v) is 2.74. The Morgan fingerprint density at radius 1 is 1.83 bits per heavy atom. The van der Waals surface area contributed by atoms with Crippen molar-refractivity contribution in [3.05, 3.63) is 10.2 Å². The molecule has 0 aliphatic heterocycles. The number of rotatable bonds is 1. The SMILES string of the molecule is O=C(O)/C=[CH]/[SnH3]. The molecule has 0 aromatic rings. The van der Waals surface area contributed by atoms with E-state index in [0.717, 1.165) is 0 Å². The second-order valence-electron chi connectivity index (χ2n) is 0.838. The molecule has 0 atom stereocenters. The molecule has 0 fully saturated rings. The van der Waals surface area contributed by atoms with E-state index >= 15 is 0 Å². The molecule has 0 saturated carbocycles. The van der Waals surface area contributed by atoms with Crippen LogP contribution >= 0.6 is 0 Å². The van der Waals surface area contributed by atoms with Gasteiger partial charge in [-0.1, -0.05) is 0 Å². The summed E-state index contributed by atoms with van der Waals surface area (Å²) in [6.07, 6.45) is 1.18. The average molecular weight is 193 g/mol. The first-order chi connectivity index (χ1) is 2.77. The van der Waals surface area contributed by atoms with E-state index in [9.17, 15) is 4.79 Å². The molecular formula is C3H6O2Sn. The molecule has 34 valence electrons. The minimum absolute atomic E-state index is 0.398. The van der Waals surface area contributed by atoms with Gasteiger partial charge in [0, 0.05) is 0 Å². The fourth-order valence-electron chi connectivity index (χ4n) is 0.143. The summed E-state index contributed by atoms with van der Waals surface area (Å²) in [5.74, 6) is -0.839. The molecule has 0 aromatic carbocycles. The Bertz CT molecular complexity index is 76.9. The van der Waals surface area contributed by atoms with Crippen LogP contribution in [0, 0.1) is 0 Å². The van der Waals surface area contributed by atoms with E-state index in [1.807, 2.05) is 0 Å². The Labute approximate surface area is 48.9 Å². The summed E-state index contributed by atoms with van der Waals surface area (Å²) in [6, 6.07) is 0. The van der Waals surface area contributed by atoms with E-state index in [4.69, 9.17) is 5.11 Å². The van der Waals surface area contributed by atoms with Crippen LogP contribution in [0.15, 0.2) is 10.2 Å². The summed E-state index contributed by atoms with van der Waals surface area (Å²) in [6.45, 7) is 0. The summed E-state index contributed by atoms with van der Waals surface area (Å²) >= 11 is 0.398. The molecule has 2 nitrogen and oxygen atoms in total. The Morgan fingerprint density at radius 3 is 2.33 bits per heavy atom. The molecule has 0 spiro atoms. The number of carbonyl (C=O) groups is 1. The van der Waals surface area contributed by atoms with Crippen LogP contribution in [-0.2, 0) is 4.79 Å². The maximum absolute atomic E-state index is 9.55. The van der Waals surface area contributed by atoms with Crippen LogP contribution in [0.4, 0.5) is 0 Å². The van der Waals surface area contributed by atoms with Gasteiger partial charge >= 0.3 is 48.6 Å². The van der Waals surface area contributed by atoms with Gasteiger partial charge in [-0.2, -0.15) is 0 Å². The molecular weight excluding hydrogens is 187 g/mol. The van der Waals surface area contributed by atoms with Gasteiger partial charge in [0.1, 0.15) is 0 Å². The van der Waals surface area contributed by atoms with Crippen LogP contribution in [0.1, 0.15) is 0 Å². The molecule has 1 N–H and O–H groups in total. The Morgan fingerprint density at radius 2 is 2.33 bits per heavy atom. The molecule has 3 heteroatoms. The van der Waals surface area contributed by atoms with Gasteiger partial charge < -0.3 is 0 Å². The molecule has 0 aliphatic carbocycles. The number of hydrogen-bond acceptors (Lipinski definition) is 1. The van der Waals surface area contributed by atoms with Gasteiger partial charge in [0.25, 0.3) is 0 Å². The normalized spacial score (nSPS) is 10.0. The second kappa shape index (κ2) is 3.21. The third-order valence-corrected chi connectivity index (χ3v) is 1.26. The van der Waals surface area contributed by atoms with Crippen molar-refractivity contribution in [3.8, 4) is 0 Å². The average Bonchev–Trinajstić information content (AvgIpc) is 1.35. The Hall–Kier alpha value is 0.00870. The first-order valence-electron chi connectivity index (χ1n) is 1.63. The zero-order valence-corrected chi connectivity index (χ0v) is 9.22. The molecule has 0 aromatic heterocycles. The van der Waals surface area contributed by atoms with Gasteiger partial charge in [-0.25, -0.2) is 0 Å². The molecule has 0 bridgehead atoms. The predicted octanol–water partition coefficient (Wildman–Crippen LogP) is -1.05. The molecule has 0 rings (SSSR count). The fourth-order valence-corrected chi connectivity index (χ4v) is 0.956. The van der Waals surface area contributed by atoms with Crippen molar-refractivity contribution in [1.82, 2.24) is 0 Å². The van der Waals surface area contributed by atoms with Gasteiger partial charge in [0.15, 0.2) is 0 Å². The summed E-state index contributed by atoms with van der Waals surface area (Å²) < 4.78 is 1.68. The van der Waals surface area contributed by atoms with Gasteiger partial charge in [-0.15, -0.1) is 0 Å². The van der Waals surface area contributed by atoms with Crippen molar-refractivity contribution in [2.45, 2.75) is 0 Å². The van der Waals surface area contributed by atoms with Crippen LogP contribution in [0.3, 0.4) is 0 Å². The van der Waals surface area contributed by atoms with Crippen molar-refractivity contribution in [3.63, 3.8) is 0 Å². The monoisotopic (exact) mass is 194 g/mol. The Kier molecular flexibility index (Phi) is 3.21. The topological polar surface area (TPSA) is 37.3 Å². The molecule has 6 heavy (non-hydrogen) atoms. The third kappa shape index (κ3) is 4.01. The van der Waals surface area contributed by atoms with Crippen molar-refractivity contribution in [2.75, 3.05) is 0 Å². The molecule has 0 aliphatic rings. The zero-order chi connectivity index (χ0) is 4.99. The van der Waals surface area contributed by atoms with Crippen molar-refractivity contribution in [1.29, 1.82) is 0 Å². The standard InChI is InChI=1S/C3H3O2.Sn.3H/c1-2-3(4)5;;;;/h1-2H,(H,4,5);;;;. The van der Waals surface area contributed by atoms with E-state index in [-0.39, 0.29) is 0 Å². The summed E-state index contributed by atoms with van der Waals surface area (Å²) in [5, 5.41) is 7.86. The van der Waals surface area contributed by atoms with Crippen LogP contribution < -0.4 is 0 Å². The van der Waals surface area contributed by atoms with E-state index in [0.29, 0.717) is 22.5 Å². The predicted molar refractivity (Wildman–Crippen MR) is 26.7 cm³/mol. The van der Waals surface area contributed by atoms with E-state index in [2.05, 4.69) is 0 Å². The number of hydrogen-bond donors (Lipinski definition) is 1. The number of carboxylic acids is 1. The maximum atomic E-state index is 9.55. The molecule has 0 amide bonds. The van der Waals surface area contributed by atoms with Crippen LogP contribution in [0.25, 0.3) is 0 Å². The quantitative estimate of drug-likeness (QED) is 0.426. The van der Waals surface area contributed by atoms with Crippen LogP contribution in [-0.4, -0.2) is 33.6 Å². The van der Waals surface area contributed by atoms with E-state index in [1.165, 1.54) is 6.08 Å². The van der Waals surface area contributed by atoms with Crippen molar-refractivity contribution < 1.29 is 9.90 Å². The fraction of sp³-hybridized carbons (Fsp3) is 0. The van der Waals surface area contributed by atoms with E-state index in [1.54, 1.807) is 4.09 Å². The van der Waals surface area contributed by atoms with Crippen LogP contribution in [0.2, 0.25) is 0 Å². The van der Waals surface area contributed by atoms with Crippen LogP contribution in [0.5, 0.6) is 0 Å². The number of aliphatic carboxylic acids is 1. The molecule has 0 unspecified atom stereocenters. The van der Waals surface area contributed by atoms with E-state index < -0.39 is 5.97 Å². The minimum atomic E-state index is -0.839. The van der Waals surface area contributed by atoms with Gasteiger partial charge in [-0.05, 0) is 0 Å². The summed E-state index contributed by atoms with van der Waals surface area (Å²) in [4.78, 5) is 9.55.